The van der Waals surface area contributed by atoms with Crippen molar-refractivity contribution in [2.24, 2.45) is 0 Å². The summed E-state index contributed by atoms with van der Waals surface area (Å²) in [6.07, 6.45) is 3.28. The van der Waals surface area contributed by atoms with Gasteiger partial charge in [-0.25, -0.2) is 0 Å². The fourth-order valence-corrected chi connectivity index (χ4v) is 2.15. The van der Waals surface area contributed by atoms with E-state index in [0.29, 0.717) is 11.4 Å². The topological polar surface area (TPSA) is 64.3 Å². The van der Waals surface area contributed by atoms with Crippen molar-refractivity contribution in [2.45, 2.75) is 40.2 Å². The minimum atomic E-state index is -0.891. The van der Waals surface area contributed by atoms with Crippen LogP contribution in [0, 0.1) is 20.8 Å². The van der Waals surface area contributed by atoms with E-state index in [4.69, 9.17) is 4.74 Å². The first-order valence-corrected chi connectivity index (χ1v) is 7.21. The Morgan fingerprint density at radius 1 is 1.23 bits per heavy atom. The number of hydrogen-bond donors (Lipinski definition) is 1. The van der Waals surface area contributed by atoms with E-state index in [9.17, 15) is 9.90 Å². The van der Waals surface area contributed by atoms with Crippen LogP contribution in [-0.2, 0) is 0 Å². The number of ether oxygens (including phenoxy) is 1. The first-order valence-electron chi connectivity index (χ1n) is 7.21. The molecule has 0 saturated heterocycles. The number of aryl methyl sites for hydroxylation is 1. The summed E-state index contributed by atoms with van der Waals surface area (Å²) < 4.78 is 7.26. The molecule has 0 bridgehead atoms. The standard InChI is InChI=1S/C17H22N2O3/c1-11-12(2)15(22-10-17(4,5)21)7-6-14(11)19-9-8-18-13(3)16(19)20/h6-9,21H,10H2,1-5H3. The third-order valence-electron chi connectivity index (χ3n) is 3.56. The molecule has 1 aromatic heterocycles. The Labute approximate surface area is 130 Å². The van der Waals surface area contributed by atoms with Crippen LogP contribution in [0.3, 0.4) is 0 Å². The van der Waals surface area contributed by atoms with Gasteiger partial charge in [-0.15, -0.1) is 0 Å². The second kappa shape index (κ2) is 5.93. The lowest BCUT2D eigenvalue weighted by Crippen LogP contribution is -2.28. The van der Waals surface area contributed by atoms with E-state index in [1.165, 1.54) is 0 Å². The predicted molar refractivity (Wildman–Crippen MR) is 85.8 cm³/mol. The van der Waals surface area contributed by atoms with Crippen LogP contribution < -0.4 is 10.3 Å². The molecule has 22 heavy (non-hydrogen) atoms. The molecule has 0 spiro atoms. The number of nitrogens with zero attached hydrogens (tertiary/aromatic N) is 2. The van der Waals surface area contributed by atoms with Crippen LogP contribution in [0.25, 0.3) is 5.69 Å². The summed E-state index contributed by atoms with van der Waals surface area (Å²) in [6.45, 7) is 9.19. The second-order valence-corrected chi connectivity index (χ2v) is 6.12. The average Bonchev–Trinajstić information content (AvgIpc) is 2.43. The number of rotatable bonds is 4. The molecule has 1 heterocycles. The molecule has 0 saturated carbocycles. The van der Waals surface area contributed by atoms with Gasteiger partial charge in [0.25, 0.3) is 5.56 Å². The highest BCUT2D eigenvalue weighted by atomic mass is 16.5. The van der Waals surface area contributed by atoms with Crippen LogP contribution in [0.4, 0.5) is 0 Å². The van der Waals surface area contributed by atoms with E-state index >= 15 is 0 Å². The predicted octanol–water partition coefficient (Wildman–Crippen LogP) is 2.31. The monoisotopic (exact) mass is 302 g/mol. The Kier molecular flexibility index (Phi) is 4.37. The highest BCUT2D eigenvalue weighted by Crippen LogP contribution is 2.26. The van der Waals surface area contributed by atoms with Crippen molar-refractivity contribution in [1.82, 2.24) is 9.55 Å². The maximum Gasteiger partial charge on any atom is 0.276 e. The maximum absolute atomic E-state index is 12.2. The van der Waals surface area contributed by atoms with Crippen LogP contribution in [0.15, 0.2) is 29.3 Å². The minimum absolute atomic E-state index is 0.129. The lowest BCUT2D eigenvalue weighted by Gasteiger charge is -2.20. The molecule has 0 aliphatic rings. The van der Waals surface area contributed by atoms with Gasteiger partial charge in [-0.2, -0.15) is 0 Å². The zero-order chi connectivity index (χ0) is 16.5. The van der Waals surface area contributed by atoms with E-state index < -0.39 is 5.60 Å². The third-order valence-corrected chi connectivity index (χ3v) is 3.56. The number of benzene rings is 1. The molecular formula is C17H22N2O3. The van der Waals surface area contributed by atoms with Crippen LogP contribution >= 0.6 is 0 Å². The molecule has 0 fully saturated rings. The second-order valence-electron chi connectivity index (χ2n) is 6.12. The summed E-state index contributed by atoms with van der Waals surface area (Å²) in [5.41, 5.74) is 2.16. The number of aliphatic hydroxyl groups is 1. The molecule has 0 atom stereocenters. The third kappa shape index (κ3) is 3.36. The van der Waals surface area contributed by atoms with Gasteiger partial charge in [0.2, 0.25) is 0 Å². The van der Waals surface area contributed by atoms with Gasteiger partial charge < -0.3 is 9.84 Å². The highest BCUT2D eigenvalue weighted by molar-refractivity contribution is 5.51. The minimum Gasteiger partial charge on any atom is -0.490 e. The van der Waals surface area contributed by atoms with Crippen molar-refractivity contribution >= 4 is 0 Å². The molecule has 1 aromatic carbocycles. The van der Waals surface area contributed by atoms with Gasteiger partial charge in [-0.05, 0) is 57.9 Å². The van der Waals surface area contributed by atoms with E-state index in [1.54, 1.807) is 37.7 Å². The van der Waals surface area contributed by atoms with Crippen LogP contribution in [-0.4, -0.2) is 26.9 Å². The Hall–Kier alpha value is -2.14. The Bertz CT molecular complexity index is 743. The van der Waals surface area contributed by atoms with Gasteiger partial charge in [-0.3, -0.25) is 14.3 Å². The Morgan fingerprint density at radius 2 is 1.91 bits per heavy atom. The summed E-state index contributed by atoms with van der Waals surface area (Å²) in [5, 5.41) is 9.76. The molecule has 1 N–H and O–H groups in total. The lowest BCUT2D eigenvalue weighted by molar-refractivity contribution is 0.0282. The van der Waals surface area contributed by atoms with Gasteiger partial charge in [0, 0.05) is 12.4 Å². The molecule has 0 radical (unpaired) electrons. The zero-order valence-corrected chi connectivity index (χ0v) is 13.7. The maximum atomic E-state index is 12.2. The SMILES string of the molecule is Cc1c(OCC(C)(C)O)ccc(-n2ccnc(C)c2=O)c1C. The van der Waals surface area contributed by atoms with Gasteiger partial charge in [0.05, 0.1) is 11.3 Å². The van der Waals surface area contributed by atoms with Crippen molar-refractivity contribution < 1.29 is 9.84 Å². The summed E-state index contributed by atoms with van der Waals surface area (Å²) in [4.78, 5) is 16.2. The average molecular weight is 302 g/mol. The fourth-order valence-electron chi connectivity index (χ4n) is 2.15. The molecule has 5 nitrogen and oxygen atoms in total. The normalized spacial score (nSPS) is 11.5. The molecule has 2 rings (SSSR count). The van der Waals surface area contributed by atoms with Gasteiger partial charge in [0.15, 0.2) is 0 Å². The van der Waals surface area contributed by atoms with Crippen molar-refractivity contribution in [2.75, 3.05) is 6.61 Å². The van der Waals surface area contributed by atoms with Crippen molar-refractivity contribution in [3.8, 4) is 11.4 Å². The first-order chi connectivity index (χ1) is 10.2. The number of hydrogen-bond acceptors (Lipinski definition) is 4. The van der Waals surface area contributed by atoms with E-state index in [1.807, 2.05) is 26.0 Å². The summed E-state index contributed by atoms with van der Waals surface area (Å²) in [7, 11) is 0. The van der Waals surface area contributed by atoms with Crippen LogP contribution in [0.2, 0.25) is 0 Å². The van der Waals surface area contributed by atoms with Crippen LogP contribution in [0.1, 0.15) is 30.7 Å². The molecule has 0 aliphatic carbocycles. The molecule has 5 heteroatoms. The van der Waals surface area contributed by atoms with Crippen molar-refractivity contribution in [1.29, 1.82) is 0 Å². The van der Waals surface area contributed by atoms with Crippen LogP contribution in [0.5, 0.6) is 5.75 Å². The quantitative estimate of drug-likeness (QED) is 0.941. The Morgan fingerprint density at radius 3 is 2.55 bits per heavy atom. The molecule has 0 unspecified atom stereocenters. The molecule has 0 amide bonds. The zero-order valence-electron chi connectivity index (χ0n) is 13.7. The van der Waals surface area contributed by atoms with Gasteiger partial charge >= 0.3 is 0 Å². The van der Waals surface area contributed by atoms with E-state index in [2.05, 4.69) is 4.98 Å². The van der Waals surface area contributed by atoms with Gasteiger partial charge in [0.1, 0.15) is 18.1 Å². The van der Waals surface area contributed by atoms with E-state index in [-0.39, 0.29) is 12.2 Å². The summed E-state index contributed by atoms with van der Waals surface area (Å²) >= 11 is 0. The smallest absolute Gasteiger partial charge is 0.276 e. The first kappa shape index (κ1) is 16.2. The fraction of sp³-hybridized carbons (Fsp3) is 0.412. The largest absolute Gasteiger partial charge is 0.490 e. The van der Waals surface area contributed by atoms with Crippen molar-refractivity contribution in [3.63, 3.8) is 0 Å². The van der Waals surface area contributed by atoms with E-state index in [0.717, 1.165) is 16.8 Å². The highest BCUT2D eigenvalue weighted by Gasteiger charge is 2.16. The summed E-state index contributed by atoms with van der Waals surface area (Å²) in [5.74, 6) is 0.710. The molecule has 118 valence electrons. The molecular weight excluding hydrogens is 280 g/mol. The molecule has 2 aromatic rings. The number of aromatic nitrogens is 2. The van der Waals surface area contributed by atoms with Crippen molar-refractivity contribution in [3.05, 3.63) is 51.7 Å². The molecule has 0 aliphatic heterocycles. The summed E-state index contributed by atoms with van der Waals surface area (Å²) in [6, 6.07) is 3.68. The lowest BCUT2D eigenvalue weighted by atomic mass is 10.1. The Balaban J connectivity index is 2.43. The van der Waals surface area contributed by atoms with Gasteiger partial charge in [-0.1, -0.05) is 0 Å².